The number of nitrogens with one attached hydrogen (secondary N) is 1. The number of ether oxygens (including phenoxy) is 1. The van der Waals surface area contributed by atoms with Crippen LogP contribution in [0, 0.1) is 12.7 Å². The monoisotopic (exact) mass is 450 g/mol. The Labute approximate surface area is 193 Å². The number of benzene rings is 2. The fraction of sp³-hybridized carbons (Fsp3) is 0.385. The van der Waals surface area contributed by atoms with E-state index in [-0.39, 0.29) is 18.0 Å². The lowest BCUT2D eigenvalue weighted by Gasteiger charge is -2.35. The highest BCUT2D eigenvalue weighted by atomic mass is 19.1. The van der Waals surface area contributed by atoms with Crippen molar-refractivity contribution in [2.45, 2.75) is 52.2 Å². The highest BCUT2D eigenvalue weighted by molar-refractivity contribution is 5.98. The van der Waals surface area contributed by atoms with Crippen LogP contribution in [-0.4, -0.2) is 40.7 Å². The van der Waals surface area contributed by atoms with Crippen LogP contribution in [0.3, 0.4) is 0 Å². The highest BCUT2D eigenvalue weighted by Gasteiger charge is 2.28. The highest BCUT2D eigenvalue weighted by Crippen LogP contribution is 2.35. The molecule has 0 saturated carbocycles. The van der Waals surface area contributed by atoms with E-state index >= 15 is 0 Å². The predicted molar refractivity (Wildman–Crippen MR) is 131 cm³/mol. The number of nitrogen functional groups attached to an aromatic ring is 1. The molecule has 0 unspecified atom stereocenters. The lowest BCUT2D eigenvalue weighted by molar-refractivity contribution is 0.0206. The number of nitrogens with zero attached hydrogens (tertiary/aromatic N) is 2. The summed E-state index contributed by atoms with van der Waals surface area (Å²) in [5, 5.41) is 5.37. The zero-order chi connectivity index (χ0) is 23.8. The number of piperidine rings is 1. The number of pyridine rings is 1. The van der Waals surface area contributed by atoms with E-state index in [1.807, 2.05) is 52.0 Å². The number of halogens is 1. The van der Waals surface area contributed by atoms with Crippen LogP contribution in [0.25, 0.3) is 21.9 Å². The van der Waals surface area contributed by atoms with Crippen molar-refractivity contribution in [3.63, 3.8) is 0 Å². The van der Waals surface area contributed by atoms with Gasteiger partial charge in [-0.1, -0.05) is 12.1 Å². The van der Waals surface area contributed by atoms with Gasteiger partial charge in [-0.25, -0.2) is 14.2 Å². The van der Waals surface area contributed by atoms with Gasteiger partial charge in [0.1, 0.15) is 17.2 Å². The number of fused-ring (bicyclic) bond motifs is 1. The molecule has 7 heteroatoms. The minimum Gasteiger partial charge on any atom is -0.444 e. The molecule has 1 aromatic heterocycles. The Balaban J connectivity index is 1.68. The summed E-state index contributed by atoms with van der Waals surface area (Å²) in [6, 6.07) is 10.8. The van der Waals surface area contributed by atoms with Gasteiger partial charge in [0.15, 0.2) is 0 Å². The van der Waals surface area contributed by atoms with Gasteiger partial charge in [0.05, 0.1) is 0 Å². The Morgan fingerprint density at radius 3 is 2.79 bits per heavy atom. The molecule has 0 radical (unpaired) electrons. The van der Waals surface area contributed by atoms with Crippen molar-refractivity contribution >= 4 is 28.4 Å². The Morgan fingerprint density at radius 2 is 2.06 bits per heavy atom. The van der Waals surface area contributed by atoms with Gasteiger partial charge in [-0.15, -0.1) is 0 Å². The molecule has 174 valence electrons. The summed E-state index contributed by atoms with van der Waals surface area (Å²) < 4.78 is 20.3. The number of carbonyl (C=O) groups excluding carboxylic acids is 1. The third-order valence-electron chi connectivity index (χ3n) is 5.80. The normalized spacial score (nSPS) is 16.6. The van der Waals surface area contributed by atoms with Crippen LogP contribution in [0.5, 0.6) is 0 Å². The van der Waals surface area contributed by atoms with Crippen molar-refractivity contribution in [3.05, 3.63) is 54.0 Å². The number of rotatable bonds is 3. The molecule has 3 aromatic rings. The number of aryl methyl sites for hydroxylation is 1. The van der Waals surface area contributed by atoms with Crippen molar-refractivity contribution < 1.29 is 13.9 Å². The molecule has 1 fully saturated rings. The Hall–Kier alpha value is -3.35. The molecule has 1 saturated heterocycles. The number of likely N-dealkylation sites (tertiary alicyclic amines) is 1. The average molecular weight is 451 g/mol. The van der Waals surface area contributed by atoms with Crippen molar-refractivity contribution in [1.82, 2.24) is 9.88 Å². The van der Waals surface area contributed by atoms with Crippen molar-refractivity contribution in [3.8, 4) is 11.1 Å². The Kier molecular flexibility index (Phi) is 6.15. The molecule has 0 bridgehead atoms. The van der Waals surface area contributed by atoms with Gasteiger partial charge >= 0.3 is 6.09 Å². The largest absolute Gasteiger partial charge is 0.444 e. The quantitative estimate of drug-likeness (QED) is 0.532. The molecule has 0 aliphatic carbocycles. The van der Waals surface area contributed by atoms with Gasteiger partial charge in [0.25, 0.3) is 0 Å². The van der Waals surface area contributed by atoms with Gasteiger partial charge in [-0.3, -0.25) is 0 Å². The van der Waals surface area contributed by atoms with Crippen LogP contribution in [0.4, 0.5) is 20.7 Å². The first kappa shape index (κ1) is 22.8. The number of anilines is 2. The fourth-order valence-corrected chi connectivity index (χ4v) is 4.34. The van der Waals surface area contributed by atoms with E-state index in [4.69, 9.17) is 10.5 Å². The van der Waals surface area contributed by atoms with Crippen LogP contribution < -0.4 is 11.1 Å². The summed E-state index contributed by atoms with van der Waals surface area (Å²) in [5.41, 5.74) is 8.48. The molecule has 3 N–H and O–H groups in total. The first-order valence-corrected chi connectivity index (χ1v) is 11.3. The van der Waals surface area contributed by atoms with Gasteiger partial charge in [0.2, 0.25) is 0 Å². The molecule has 1 aliphatic heterocycles. The molecule has 6 nitrogen and oxygen atoms in total. The van der Waals surface area contributed by atoms with Crippen LogP contribution in [-0.2, 0) is 4.74 Å². The molecule has 33 heavy (non-hydrogen) atoms. The number of nitrogens with two attached hydrogens (primary N) is 1. The fourth-order valence-electron chi connectivity index (χ4n) is 4.34. The Morgan fingerprint density at radius 1 is 1.27 bits per heavy atom. The number of amides is 1. The molecular formula is C26H31FN4O2. The summed E-state index contributed by atoms with van der Waals surface area (Å²) >= 11 is 0. The standard InChI is InChI=1S/C26H31FN4O2/c1-16-7-5-9-21(27)24(16)17-11-18-14-29-23(28)13-20(18)22(12-17)30-19-8-6-10-31(15-19)25(32)33-26(2,3)4/h5,7,9,11-14,19,30H,6,8,10,15H2,1-4H3,(H2,28,29)/t19-/m1/s1. The second-order valence-electron chi connectivity index (χ2n) is 9.70. The van der Waals surface area contributed by atoms with Crippen molar-refractivity contribution in [1.29, 1.82) is 0 Å². The summed E-state index contributed by atoms with van der Waals surface area (Å²) in [5.74, 6) is 0.150. The van der Waals surface area contributed by atoms with Crippen molar-refractivity contribution in [2.75, 3.05) is 24.1 Å². The minimum atomic E-state index is -0.538. The summed E-state index contributed by atoms with van der Waals surface area (Å²) in [4.78, 5) is 18.6. The summed E-state index contributed by atoms with van der Waals surface area (Å²) in [6.45, 7) is 8.69. The molecule has 2 heterocycles. The maximum Gasteiger partial charge on any atom is 0.410 e. The first-order chi connectivity index (χ1) is 15.6. The van der Waals surface area contributed by atoms with Gasteiger partial charge < -0.3 is 20.7 Å². The van der Waals surface area contributed by atoms with E-state index < -0.39 is 5.60 Å². The maximum absolute atomic E-state index is 14.8. The van der Waals surface area contributed by atoms with E-state index in [1.165, 1.54) is 6.07 Å². The second kappa shape index (κ2) is 8.89. The van der Waals surface area contributed by atoms with E-state index in [0.29, 0.717) is 24.5 Å². The van der Waals surface area contributed by atoms with E-state index in [0.717, 1.165) is 40.4 Å². The molecule has 4 rings (SSSR count). The number of hydrogen-bond donors (Lipinski definition) is 2. The third kappa shape index (κ3) is 5.18. The van der Waals surface area contributed by atoms with Crippen LogP contribution in [0.1, 0.15) is 39.2 Å². The molecular weight excluding hydrogens is 419 g/mol. The Bertz CT molecular complexity index is 1170. The maximum atomic E-state index is 14.8. The van der Waals surface area contributed by atoms with Crippen LogP contribution >= 0.6 is 0 Å². The molecule has 1 aliphatic rings. The van der Waals surface area contributed by atoms with Crippen LogP contribution in [0.2, 0.25) is 0 Å². The van der Waals surface area contributed by atoms with Gasteiger partial charge in [-0.2, -0.15) is 0 Å². The number of aromatic nitrogens is 1. The van der Waals surface area contributed by atoms with Gasteiger partial charge in [0, 0.05) is 47.4 Å². The zero-order valence-corrected chi connectivity index (χ0v) is 19.6. The first-order valence-electron chi connectivity index (χ1n) is 11.3. The average Bonchev–Trinajstić information content (AvgIpc) is 2.73. The van der Waals surface area contributed by atoms with Gasteiger partial charge in [-0.05, 0) is 75.9 Å². The van der Waals surface area contributed by atoms with Crippen LogP contribution in [0.15, 0.2) is 42.6 Å². The number of carbonyl (C=O) groups is 1. The lowest BCUT2D eigenvalue weighted by atomic mass is 9.96. The topological polar surface area (TPSA) is 80.5 Å². The molecule has 1 atom stereocenters. The van der Waals surface area contributed by atoms with E-state index in [9.17, 15) is 9.18 Å². The zero-order valence-electron chi connectivity index (χ0n) is 19.6. The van der Waals surface area contributed by atoms with Crippen molar-refractivity contribution in [2.24, 2.45) is 0 Å². The predicted octanol–water partition coefficient (Wildman–Crippen LogP) is 5.74. The molecule has 2 aromatic carbocycles. The summed E-state index contributed by atoms with van der Waals surface area (Å²) in [7, 11) is 0. The van der Waals surface area contributed by atoms with E-state index in [2.05, 4.69) is 10.3 Å². The van der Waals surface area contributed by atoms with E-state index in [1.54, 1.807) is 17.2 Å². The summed E-state index contributed by atoms with van der Waals surface area (Å²) in [6.07, 6.45) is 3.18. The minimum absolute atomic E-state index is 0.0285. The molecule has 1 amide bonds. The third-order valence-corrected chi connectivity index (χ3v) is 5.80. The SMILES string of the molecule is Cc1cccc(F)c1-c1cc(N[C@@H]2CCCN(C(=O)OC(C)(C)C)C2)c2cc(N)ncc2c1. The second-order valence-corrected chi connectivity index (χ2v) is 9.70. The lowest BCUT2D eigenvalue weighted by Crippen LogP contribution is -2.47. The molecule has 0 spiro atoms. The smallest absolute Gasteiger partial charge is 0.410 e. The number of hydrogen-bond acceptors (Lipinski definition) is 5.